The zero-order valence-electron chi connectivity index (χ0n) is 18.7. The van der Waals surface area contributed by atoms with Gasteiger partial charge < -0.3 is 14.7 Å². The van der Waals surface area contributed by atoms with E-state index in [1.165, 1.54) is 0 Å². The van der Waals surface area contributed by atoms with Crippen molar-refractivity contribution in [1.29, 1.82) is 0 Å². The summed E-state index contributed by atoms with van der Waals surface area (Å²) in [6.07, 6.45) is 1.57. The first kappa shape index (κ1) is 23.1. The second-order valence-electron chi connectivity index (χ2n) is 8.91. The topological polar surface area (TPSA) is 93.2 Å². The summed E-state index contributed by atoms with van der Waals surface area (Å²) < 4.78 is 0. The fraction of sp³-hybridized carbons (Fsp3) is 0.609. The summed E-state index contributed by atoms with van der Waals surface area (Å²) in [5, 5.41) is 9.27. The third-order valence-electron chi connectivity index (χ3n) is 6.69. The molecule has 31 heavy (non-hydrogen) atoms. The molecule has 2 N–H and O–H groups in total. The van der Waals surface area contributed by atoms with E-state index >= 15 is 0 Å². The van der Waals surface area contributed by atoms with E-state index in [4.69, 9.17) is 0 Å². The van der Waals surface area contributed by atoms with Crippen LogP contribution >= 0.6 is 0 Å². The van der Waals surface area contributed by atoms with Gasteiger partial charge in [0, 0.05) is 56.8 Å². The summed E-state index contributed by atoms with van der Waals surface area (Å²) in [4.78, 5) is 43.9. The summed E-state index contributed by atoms with van der Waals surface area (Å²) in [6.45, 7) is 6.39. The highest BCUT2D eigenvalue weighted by molar-refractivity contribution is 5.88. The quantitative estimate of drug-likeness (QED) is 0.548. The lowest BCUT2D eigenvalue weighted by atomic mass is 9.75. The number of amides is 3. The summed E-state index contributed by atoms with van der Waals surface area (Å²) in [7, 11) is 1.76. The first-order valence-electron chi connectivity index (χ1n) is 11.1. The molecular weight excluding hydrogens is 396 g/mol. The monoisotopic (exact) mass is 430 g/mol. The van der Waals surface area contributed by atoms with Crippen LogP contribution in [0.5, 0.6) is 0 Å². The molecule has 1 aliphatic heterocycles. The number of benzene rings is 1. The second kappa shape index (κ2) is 10.1. The molecule has 3 atom stereocenters. The van der Waals surface area contributed by atoms with Crippen molar-refractivity contribution in [2.75, 3.05) is 38.1 Å². The van der Waals surface area contributed by atoms with Crippen molar-refractivity contribution in [3.05, 3.63) is 30.3 Å². The van der Waals surface area contributed by atoms with Gasteiger partial charge in [-0.15, -0.1) is 0 Å². The predicted molar refractivity (Wildman–Crippen MR) is 117 cm³/mol. The lowest BCUT2D eigenvalue weighted by Crippen LogP contribution is -2.54. The van der Waals surface area contributed by atoms with Gasteiger partial charge in [0.05, 0.1) is 5.92 Å². The number of hydrogen-bond acceptors (Lipinski definition) is 5. The Morgan fingerprint density at radius 1 is 1.03 bits per heavy atom. The van der Waals surface area contributed by atoms with Crippen LogP contribution < -0.4 is 10.4 Å². The van der Waals surface area contributed by atoms with E-state index in [-0.39, 0.29) is 23.8 Å². The molecule has 3 unspecified atom stereocenters. The Balaban J connectivity index is 1.65. The molecule has 1 saturated heterocycles. The van der Waals surface area contributed by atoms with Crippen LogP contribution in [-0.2, 0) is 14.4 Å². The van der Waals surface area contributed by atoms with Crippen molar-refractivity contribution < 1.29 is 19.6 Å². The Bertz CT molecular complexity index is 777. The maximum Gasteiger partial charge on any atom is 0.247 e. The Kier molecular flexibility index (Phi) is 7.54. The number of para-hydroxylation sites is 1. The van der Waals surface area contributed by atoms with Gasteiger partial charge in [-0.05, 0) is 31.4 Å². The van der Waals surface area contributed by atoms with Crippen molar-refractivity contribution in [2.45, 2.75) is 39.2 Å². The van der Waals surface area contributed by atoms with Crippen LogP contribution in [0, 0.1) is 17.8 Å². The highest BCUT2D eigenvalue weighted by atomic mass is 16.5. The molecule has 1 aromatic rings. The molecule has 0 bridgehead atoms. The minimum atomic E-state index is -0.647. The van der Waals surface area contributed by atoms with Crippen LogP contribution in [-0.4, -0.2) is 72.0 Å². The smallest absolute Gasteiger partial charge is 0.247 e. The summed E-state index contributed by atoms with van der Waals surface area (Å²) >= 11 is 0. The standard InChI is InChI=1S/C23H34N4O4/c1-16(2)22(29)25(3)18-9-10-19(20(15-18)21(28)24-31)23(30)27-13-11-26(12-14-27)17-7-5-4-6-8-17/h4-8,16,18-20,31H,9-15H2,1-3H3,(H,24,28). The Labute approximate surface area is 184 Å². The van der Waals surface area contributed by atoms with Gasteiger partial charge in [-0.1, -0.05) is 32.0 Å². The minimum Gasteiger partial charge on any atom is -0.368 e. The molecule has 1 aliphatic carbocycles. The summed E-state index contributed by atoms with van der Waals surface area (Å²) in [6, 6.07) is 10.0. The van der Waals surface area contributed by atoms with E-state index in [1.807, 2.05) is 36.9 Å². The van der Waals surface area contributed by atoms with Crippen LogP contribution in [0.1, 0.15) is 33.1 Å². The van der Waals surface area contributed by atoms with E-state index in [0.29, 0.717) is 32.4 Å². The number of nitrogens with one attached hydrogen (secondary N) is 1. The molecule has 3 rings (SSSR count). The van der Waals surface area contributed by atoms with Crippen molar-refractivity contribution in [3.63, 3.8) is 0 Å². The molecule has 2 fully saturated rings. The lowest BCUT2D eigenvalue weighted by molar-refractivity contribution is -0.149. The van der Waals surface area contributed by atoms with Crippen molar-refractivity contribution in [1.82, 2.24) is 15.3 Å². The van der Waals surface area contributed by atoms with Crippen LogP contribution in [0.4, 0.5) is 5.69 Å². The molecule has 0 aromatic heterocycles. The van der Waals surface area contributed by atoms with Crippen molar-refractivity contribution in [3.8, 4) is 0 Å². The molecule has 8 nitrogen and oxygen atoms in total. The van der Waals surface area contributed by atoms with E-state index in [1.54, 1.807) is 17.4 Å². The van der Waals surface area contributed by atoms with Gasteiger partial charge in [-0.25, -0.2) is 5.48 Å². The highest BCUT2D eigenvalue weighted by Gasteiger charge is 2.43. The van der Waals surface area contributed by atoms with E-state index < -0.39 is 17.7 Å². The van der Waals surface area contributed by atoms with Crippen molar-refractivity contribution >= 4 is 23.4 Å². The van der Waals surface area contributed by atoms with Crippen LogP contribution in [0.25, 0.3) is 0 Å². The van der Waals surface area contributed by atoms with Gasteiger partial charge in [0.2, 0.25) is 17.7 Å². The molecule has 170 valence electrons. The van der Waals surface area contributed by atoms with Crippen LogP contribution in [0.3, 0.4) is 0 Å². The number of rotatable bonds is 5. The third kappa shape index (κ3) is 5.18. The average molecular weight is 431 g/mol. The maximum absolute atomic E-state index is 13.3. The normalized spacial score (nSPS) is 24.1. The summed E-state index contributed by atoms with van der Waals surface area (Å²) in [5.41, 5.74) is 2.89. The van der Waals surface area contributed by atoms with Gasteiger partial charge in [0.1, 0.15) is 0 Å². The van der Waals surface area contributed by atoms with Gasteiger partial charge >= 0.3 is 0 Å². The molecule has 1 aromatic carbocycles. The molecule has 2 aliphatic rings. The molecule has 0 spiro atoms. The fourth-order valence-electron chi connectivity index (χ4n) is 4.81. The maximum atomic E-state index is 13.3. The SMILES string of the molecule is CC(C)C(=O)N(C)C1CCC(C(=O)N2CCN(c3ccccc3)CC2)C(C(=O)NO)C1. The zero-order chi connectivity index (χ0) is 22.5. The van der Waals surface area contributed by atoms with Gasteiger partial charge in [0.25, 0.3) is 0 Å². The minimum absolute atomic E-state index is 0.0231. The number of piperazine rings is 1. The number of hydrogen-bond donors (Lipinski definition) is 2. The Hall–Kier alpha value is -2.61. The van der Waals surface area contributed by atoms with Gasteiger partial charge in [-0.3, -0.25) is 19.6 Å². The molecule has 1 heterocycles. The fourth-order valence-corrected chi connectivity index (χ4v) is 4.81. The van der Waals surface area contributed by atoms with Gasteiger partial charge in [-0.2, -0.15) is 0 Å². The van der Waals surface area contributed by atoms with Gasteiger partial charge in [0.15, 0.2) is 0 Å². The number of nitrogens with zero attached hydrogens (tertiary/aromatic N) is 3. The number of carbonyl (C=O) groups is 3. The van der Waals surface area contributed by atoms with Crippen molar-refractivity contribution in [2.24, 2.45) is 17.8 Å². The highest BCUT2D eigenvalue weighted by Crippen LogP contribution is 2.35. The number of anilines is 1. The second-order valence-corrected chi connectivity index (χ2v) is 8.91. The van der Waals surface area contributed by atoms with Crippen LogP contribution in [0.15, 0.2) is 30.3 Å². The first-order chi connectivity index (χ1) is 14.8. The lowest BCUT2D eigenvalue weighted by Gasteiger charge is -2.42. The van der Waals surface area contributed by atoms with E-state index in [2.05, 4.69) is 17.0 Å². The number of carbonyl (C=O) groups excluding carboxylic acids is 3. The largest absolute Gasteiger partial charge is 0.368 e. The van der Waals surface area contributed by atoms with E-state index in [0.717, 1.165) is 18.8 Å². The first-order valence-corrected chi connectivity index (χ1v) is 11.1. The number of hydroxylamine groups is 1. The van der Waals surface area contributed by atoms with Crippen LogP contribution in [0.2, 0.25) is 0 Å². The molecular formula is C23H34N4O4. The molecule has 3 amide bonds. The Morgan fingerprint density at radius 3 is 2.26 bits per heavy atom. The van der Waals surface area contributed by atoms with E-state index in [9.17, 15) is 19.6 Å². The summed E-state index contributed by atoms with van der Waals surface area (Å²) in [5.74, 6) is -1.81. The predicted octanol–water partition coefficient (Wildman–Crippen LogP) is 1.74. The third-order valence-corrected chi connectivity index (χ3v) is 6.69. The molecule has 1 saturated carbocycles. The average Bonchev–Trinajstić information content (AvgIpc) is 2.82. The molecule has 8 heteroatoms. The Morgan fingerprint density at radius 2 is 1.68 bits per heavy atom. The zero-order valence-corrected chi connectivity index (χ0v) is 18.7. The molecule has 0 radical (unpaired) electrons.